The van der Waals surface area contributed by atoms with E-state index in [1.165, 1.54) is 12.1 Å². The van der Waals surface area contributed by atoms with E-state index in [0.29, 0.717) is 11.4 Å². The van der Waals surface area contributed by atoms with Crippen LogP contribution in [-0.4, -0.2) is 0 Å². The van der Waals surface area contributed by atoms with Crippen LogP contribution >= 0.6 is 27.5 Å². The van der Waals surface area contributed by atoms with E-state index in [1.807, 2.05) is 18.2 Å². The number of hydrogen-bond acceptors (Lipinski definition) is 0. The zero-order valence-electron chi connectivity index (χ0n) is 10.3. The van der Waals surface area contributed by atoms with Gasteiger partial charge in [-0.15, -0.1) is 0 Å². The highest BCUT2D eigenvalue weighted by atomic mass is 79.9. The third-order valence-electron chi connectivity index (χ3n) is 2.94. The van der Waals surface area contributed by atoms with Crippen LogP contribution in [0.2, 0.25) is 5.02 Å². The van der Waals surface area contributed by atoms with Gasteiger partial charge in [-0.3, -0.25) is 0 Å². The van der Waals surface area contributed by atoms with Gasteiger partial charge in [0, 0.05) is 9.85 Å². The van der Waals surface area contributed by atoms with Crippen LogP contribution in [0.15, 0.2) is 48.5 Å². The molecular weight excluding hydrogens is 353 g/mol. The average molecular weight is 364 g/mol. The van der Waals surface area contributed by atoms with Gasteiger partial charge in [-0.05, 0) is 35.7 Å². The lowest BCUT2D eigenvalue weighted by Crippen LogP contribution is -2.05. The molecule has 5 heteroatoms. The fourth-order valence-corrected chi connectivity index (χ4v) is 3.05. The van der Waals surface area contributed by atoms with E-state index >= 15 is 0 Å². The predicted octanol–water partition coefficient (Wildman–Crippen LogP) is 6.04. The van der Waals surface area contributed by atoms with Crippen molar-refractivity contribution in [2.45, 2.75) is 17.4 Å². The van der Waals surface area contributed by atoms with Crippen molar-refractivity contribution in [3.63, 3.8) is 0 Å². The first-order valence-electron chi connectivity index (χ1n) is 5.92. The normalized spacial score (nSPS) is 13.2. The number of hydrogen-bond donors (Lipinski definition) is 0. The van der Waals surface area contributed by atoms with Crippen LogP contribution in [-0.2, 0) is 12.6 Å². The molecule has 0 amide bonds. The molecule has 0 fully saturated rings. The van der Waals surface area contributed by atoms with Crippen molar-refractivity contribution in [2.24, 2.45) is 0 Å². The monoisotopic (exact) mass is 362 g/mol. The highest BCUT2D eigenvalue weighted by Gasteiger charge is 2.30. The summed E-state index contributed by atoms with van der Waals surface area (Å²) < 4.78 is 37.4. The van der Waals surface area contributed by atoms with Crippen molar-refractivity contribution in [3.8, 4) is 0 Å². The Balaban J connectivity index is 2.13. The smallest absolute Gasteiger partial charge is 0.166 e. The summed E-state index contributed by atoms with van der Waals surface area (Å²) in [5.74, 6) is 0. The Bertz CT molecular complexity index is 578. The number of benzene rings is 2. The standard InChI is InChI=1S/C15H11BrClF3/c16-13(12-3-1-2-4-14(12)17)9-10-5-7-11(8-6-10)15(18,19)20/h1-8,13H,9H2. The molecule has 0 saturated heterocycles. The molecule has 2 aromatic rings. The minimum atomic E-state index is -4.30. The van der Waals surface area contributed by atoms with E-state index in [2.05, 4.69) is 15.9 Å². The fraction of sp³-hybridized carbons (Fsp3) is 0.200. The molecule has 0 heterocycles. The van der Waals surface area contributed by atoms with Gasteiger partial charge in [0.25, 0.3) is 0 Å². The number of halogens is 5. The Morgan fingerprint density at radius 1 is 1.00 bits per heavy atom. The summed E-state index contributed by atoms with van der Waals surface area (Å²) in [6, 6.07) is 12.6. The van der Waals surface area contributed by atoms with Gasteiger partial charge in [-0.2, -0.15) is 13.2 Å². The lowest BCUT2D eigenvalue weighted by atomic mass is 10.0. The molecule has 20 heavy (non-hydrogen) atoms. The summed E-state index contributed by atoms with van der Waals surface area (Å²) in [7, 11) is 0. The molecule has 0 radical (unpaired) electrons. The topological polar surface area (TPSA) is 0 Å². The third-order valence-corrected chi connectivity index (χ3v) is 4.10. The third kappa shape index (κ3) is 3.76. The molecule has 106 valence electrons. The first kappa shape index (κ1) is 15.4. The van der Waals surface area contributed by atoms with Crippen molar-refractivity contribution >= 4 is 27.5 Å². The Kier molecular flexibility index (Phi) is 4.76. The molecule has 0 saturated carbocycles. The van der Waals surface area contributed by atoms with Crippen LogP contribution in [0, 0.1) is 0 Å². The highest BCUT2D eigenvalue weighted by Crippen LogP contribution is 2.33. The van der Waals surface area contributed by atoms with Crippen LogP contribution in [0.1, 0.15) is 21.5 Å². The molecule has 0 aliphatic rings. The van der Waals surface area contributed by atoms with Gasteiger partial charge in [-0.1, -0.05) is 57.9 Å². The predicted molar refractivity (Wildman–Crippen MR) is 78.3 cm³/mol. The second-order valence-electron chi connectivity index (χ2n) is 4.39. The molecule has 0 bridgehead atoms. The summed E-state index contributed by atoms with van der Waals surface area (Å²) in [5.41, 5.74) is 1.11. The second-order valence-corrected chi connectivity index (χ2v) is 5.90. The zero-order chi connectivity index (χ0) is 14.8. The minimum absolute atomic E-state index is 0.0343. The maximum Gasteiger partial charge on any atom is 0.416 e. The van der Waals surface area contributed by atoms with E-state index in [-0.39, 0.29) is 4.83 Å². The summed E-state index contributed by atoms with van der Waals surface area (Å²) in [5, 5.41) is 0.640. The Hall–Kier alpha value is -1.00. The lowest BCUT2D eigenvalue weighted by Gasteiger charge is -2.13. The van der Waals surface area contributed by atoms with E-state index in [9.17, 15) is 13.2 Å². The van der Waals surface area contributed by atoms with Crippen molar-refractivity contribution in [2.75, 3.05) is 0 Å². The van der Waals surface area contributed by atoms with Gasteiger partial charge >= 0.3 is 6.18 Å². The highest BCUT2D eigenvalue weighted by molar-refractivity contribution is 9.09. The molecule has 0 N–H and O–H groups in total. The van der Waals surface area contributed by atoms with Crippen LogP contribution in [0.4, 0.5) is 13.2 Å². The molecule has 2 rings (SSSR count). The van der Waals surface area contributed by atoms with E-state index < -0.39 is 11.7 Å². The van der Waals surface area contributed by atoms with Crippen molar-refractivity contribution < 1.29 is 13.2 Å². The van der Waals surface area contributed by atoms with Gasteiger partial charge in [0.05, 0.1) is 5.56 Å². The van der Waals surface area contributed by atoms with Crippen LogP contribution in [0.25, 0.3) is 0 Å². The maximum atomic E-state index is 12.5. The second kappa shape index (κ2) is 6.19. The van der Waals surface area contributed by atoms with Gasteiger partial charge in [0.15, 0.2) is 0 Å². The molecule has 1 unspecified atom stereocenters. The average Bonchev–Trinajstić information content (AvgIpc) is 2.38. The van der Waals surface area contributed by atoms with Crippen LogP contribution < -0.4 is 0 Å². The summed E-state index contributed by atoms with van der Waals surface area (Å²) in [6.45, 7) is 0. The Morgan fingerprint density at radius 3 is 2.15 bits per heavy atom. The Morgan fingerprint density at radius 2 is 1.60 bits per heavy atom. The SMILES string of the molecule is FC(F)(F)c1ccc(CC(Br)c2ccccc2Cl)cc1. The molecular formula is C15H11BrClF3. The zero-order valence-corrected chi connectivity index (χ0v) is 12.6. The lowest BCUT2D eigenvalue weighted by molar-refractivity contribution is -0.137. The fourth-order valence-electron chi connectivity index (χ4n) is 1.88. The summed E-state index contributed by atoms with van der Waals surface area (Å²) in [6.07, 6.45) is -3.73. The molecule has 2 aromatic carbocycles. The van der Waals surface area contributed by atoms with Crippen molar-refractivity contribution in [3.05, 3.63) is 70.2 Å². The Labute approximate surface area is 128 Å². The number of alkyl halides is 4. The quantitative estimate of drug-likeness (QED) is 0.583. The minimum Gasteiger partial charge on any atom is -0.166 e. The van der Waals surface area contributed by atoms with Gasteiger partial charge in [-0.25, -0.2) is 0 Å². The maximum absolute atomic E-state index is 12.5. The summed E-state index contributed by atoms with van der Waals surface area (Å²) in [4.78, 5) is -0.0343. The summed E-state index contributed by atoms with van der Waals surface area (Å²) >= 11 is 9.62. The van der Waals surface area contributed by atoms with Gasteiger partial charge < -0.3 is 0 Å². The van der Waals surface area contributed by atoms with Crippen LogP contribution in [0.5, 0.6) is 0 Å². The molecule has 0 aliphatic carbocycles. The molecule has 0 aromatic heterocycles. The van der Waals surface area contributed by atoms with Crippen molar-refractivity contribution in [1.29, 1.82) is 0 Å². The van der Waals surface area contributed by atoms with Gasteiger partial charge in [0.2, 0.25) is 0 Å². The first-order chi connectivity index (χ1) is 9.38. The van der Waals surface area contributed by atoms with Crippen LogP contribution in [0.3, 0.4) is 0 Å². The van der Waals surface area contributed by atoms with E-state index in [4.69, 9.17) is 11.6 Å². The van der Waals surface area contributed by atoms with E-state index in [0.717, 1.165) is 23.3 Å². The van der Waals surface area contributed by atoms with E-state index in [1.54, 1.807) is 6.07 Å². The molecule has 1 atom stereocenters. The molecule has 0 spiro atoms. The largest absolute Gasteiger partial charge is 0.416 e. The van der Waals surface area contributed by atoms with Gasteiger partial charge in [0.1, 0.15) is 0 Å². The van der Waals surface area contributed by atoms with Crippen molar-refractivity contribution in [1.82, 2.24) is 0 Å². The number of rotatable bonds is 3. The molecule has 0 nitrogen and oxygen atoms in total. The first-order valence-corrected chi connectivity index (χ1v) is 7.22. The molecule has 0 aliphatic heterocycles.